The zero-order valence-corrected chi connectivity index (χ0v) is 12.6. The van der Waals surface area contributed by atoms with E-state index in [1.807, 2.05) is 48.5 Å². The molecule has 5 nitrogen and oxygen atoms in total. The molecular weight excluding hydrogens is 292 g/mol. The number of hydrogen-bond acceptors (Lipinski definition) is 3. The number of rotatable bonds is 6. The topological polar surface area (TPSA) is 55.6 Å². The Labute approximate surface area is 133 Å². The normalized spacial score (nSPS) is 10.8. The molecule has 23 heavy (non-hydrogen) atoms. The van der Waals surface area contributed by atoms with Crippen LogP contribution in [0.3, 0.4) is 0 Å². The number of para-hydroxylation sites is 1. The monoisotopic (exact) mass is 309 g/mol. The van der Waals surface area contributed by atoms with Gasteiger partial charge in [-0.05, 0) is 18.2 Å². The molecule has 0 saturated carbocycles. The van der Waals surface area contributed by atoms with Gasteiger partial charge in [-0.3, -0.25) is 4.79 Å². The van der Waals surface area contributed by atoms with Crippen molar-refractivity contribution in [1.29, 1.82) is 0 Å². The number of hydrogen-bond donors (Lipinski definition) is 1. The van der Waals surface area contributed by atoms with E-state index in [0.717, 1.165) is 5.69 Å². The molecule has 0 unspecified atom stereocenters. The van der Waals surface area contributed by atoms with E-state index in [-0.39, 0.29) is 30.6 Å². The van der Waals surface area contributed by atoms with Crippen LogP contribution in [-0.2, 0) is 4.74 Å². The van der Waals surface area contributed by atoms with E-state index in [1.165, 1.54) is 0 Å². The molecule has 3 aromatic rings. The van der Waals surface area contributed by atoms with E-state index >= 15 is 0 Å². The van der Waals surface area contributed by atoms with Crippen molar-refractivity contribution in [3.63, 3.8) is 0 Å². The zero-order valence-electron chi connectivity index (χ0n) is 12.6. The first-order valence-corrected chi connectivity index (χ1v) is 7.25. The maximum atomic E-state index is 12.4. The van der Waals surface area contributed by atoms with Gasteiger partial charge in [-0.15, -0.1) is 6.58 Å². The Balaban J connectivity index is 2.14. The Hall–Kier alpha value is -2.92. The number of fused-ring (bicyclic) bond motifs is 1. The maximum Gasteiger partial charge on any atom is 0.340 e. The zero-order chi connectivity index (χ0) is 16.2. The first kappa shape index (κ1) is 15.0. The molecule has 2 aromatic heterocycles. The van der Waals surface area contributed by atoms with Crippen LogP contribution in [0.4, 0.5) is 0 Å². The second kappa shape index (κ2) is 6.46. The van der Waals surface area contributed by atoms with Crippen LogP contribution >= 0.6 is 0 Å². The lowest BCUT2D eigenvalue weighted by atomic mass is 10.3. The van der Waals surface area contributed by atoms with Gasteiger partial charge in [-0.25, -0.2) is 0 Å². The largest absolute Gasteiger partial charge is 0.474 e. The minimum Gasteiger partial charge on any atom is -0.474 e. The summed E-state index contributed by atoms with van der Waals surface area (Å²) >= 11 is 0. The molecule has 0 bridgehead atoms. The van der Waals surface area contributed by atoms with Gasteiger partial charge < -0.3 is 9.84 Å². The predicted octanol–water partition coefficient (Wildman–Crippen LogP) is 2.31. The number of Topliss-reactive ketones (excluding diaryl/α,β-unsaturated/α-hetero) is 1. The van der Waals surface area contributed by atoms with Crippen LogP contribution in [0.15, 0.2) is 67.4 Å². The lowest BCUT2D eigenvalue weighted by molar-refractivity contribution is -0.513. The third-order valence-corrected chi connectivity index (χ3v) is 3.48. The van der Waals surface area contributed by atoms with E-state index in [1.54, 1.807) is 21.2 Å². The van der Waals surface area contributed by atoms with Gasteiger partial charge in [0, 0.05) is 6.07 Å². The number of imidazole rings is 1. The molecule has 116 valence electrons. The Bertz CT molecular complexity index is 853. The molecule has 1 N–H and O–H groups in total. The van der Waals surface area contributed by atoms with Crippen LogP contribution in [0, 0.1) is 0 Å². The van der Waals surface area contributed by atoms with E-state index in [4.69, 9.17) is 4.74 Å². The van der Waals surface area contributed by atoms with Crippen molar-refractivity contribution in [1.82, 2.24) is 4.57 Å². The third-order valence-electron chi connectivity index (χ3n) is 3.48. The molecule has 0 amide bonds. The second-order valence-corrected chi connectivity index (χ2v) is 5.00. The highest BCUT2D eigenvalue weighted by atomic mass is 16.5. The summed E-state index contributed by atoms with van der Waals surface area (Å²) in [5, 5.41) is 10.6. The number of aromatic nitrogens is 2. The average Bonchev–Trinajstić information content (AvgIpc) is 2.87. The van der Waals surface area contributed by atoms with E-state index in [2.05, 4.69) is 6.58 Å². The van der Waals surface area contributed by atoms with E-state index in [0.29, 0.717) is 5.65 Å². The molecule has 0 atom stereocenters. The lowest BCUT2D eigenvalue weighted by Crippen LogP contribution is -2.29. The summed E-state index contributed by atoms with van der Waals surface area (Å²) < 4.78 is 8.52. The standard InChI is InChI=1S/C18H16N2O3/c1-2-12-23-13-15(21)17-18(22)20(14-8-4-3-5-9-14)16-10-6-7-11-19(16)17/h2-11H,1,12-13H2/p+1. The van der Waals surface area contributed by atoms with Crippen LogP contribution in [-0.4, -0.2) is 28.7 Å². The number of aromatic hydroxyl groups is 1. The van der Waals surface area contributed by atoms with E-state index in [9.17, 15) is 9.90 Å². The van der Waals surface area contributed by atoms with Crippen molar-refractivity contribution < 1.29 is 19.0 Å². The predicted molar refractivity (Wildman–Crippen MR) is 85.9 cm³/mol. The Kier molecular flexibility index (Phi) is 4.21. The number of ketones is 1. The smallest absolute Gasteiger partial charge is 0.340 e. The van der Waals surface area contributed by atoms with Crippen LogP contribution in [0.2, 0.25) is 0 Å². The van der Waals surface area contributed by atoms with Gasteiger partial charge in [-0.1, -0.05) is 30.3 Å². The van der Waals surface area contributed by atoms with Gasteiger partial charge in [0.25, 0.3) is 11.3 Å². The Morgan fingerprint density at radius 1 is 1.22 bits per heavy atom. The first-order chi connectivity index (χ1) is 11.2. The maximum absolute atomic E-state index is 12.4. The van der Waals surface area contributed by atoms with Crippen LogP contribution in [0.1, 0.15) is 10.5 Å². The Morgan fingerprint density at radius 2 is 1.96 bits per heavy atom. The van der Waals surface area contributed by atoms with Crippen LogP contribution < -0.4 is 4.40 Å². The number of pyridine rings is 1. The van der Waals surface area contributed by atoms with Crippen molar-refractivity contribution in [3.8, 4) is 11.6 Å². The molecule has 0 saturated heterocycles. The molecule has 3 rings (SSSR count). The summed E-state index contributed by atoms with van der Waals surface area (Å²) in [4.78, 5) is 12.4. The number of carbonyl (C=O) groups excluding carboxylic acids is 1. The molecule has 5 heteroatoms. The summed E-state index contributed by atoms with van der Waals surface area (Å²) in [5.74, 6) is -0.394. The highest BCUT2D eigenvalue weighted by Gasteiger charge is 2.31. The molecule has 2 heterocycles. The van der Waals surface area contributed by atoms with Crippen molar-refractivity contribution in [2.75, 3.05) is 13.2 Å². The molecule has 0 radical (unpaired) electrons. The fourth-order valence-corrected chi connectivity index (χ4v) is 2.52. The SMILES string of the molecule is C=CCOCC(=O)c1c(O)n(-c2ccccc2)c2cccc[n+]12. The molecule has 0 aliphatic heterocycles. The minimum absolute atomic E-state index is 0.102. The summed E-state index contributed by atoms with van der Waals surface area (Å²) in [7, 11) is 0. The van der Waals surface area contributed by atoms with Gasteiger partial charge >= 0.3 is 5.88 Å². The van der Waals surface area contributed by atoms with Gasteiger partial charge in [0.1, 0.15) is 12.3 Å². The summed E-state index contributed by atoms with van der Waals surface area (Å²) in [6.45, 7) is 3.72. The van der Waals surface area contributed by atoms with Crippen molar-refractivity contribution in [3.05, 3.63) is 73.1 Å². The number of nitrogens with zero attached hydrogens (tertiary/aromatic N) is 2. The molecule has 0 spiro atoms. The summed E-state index contributed by atoms with van der Waals surface area (Å²) in [6.07, 6.45) is 3.32. The highest BCUT2D eigenvalue weighted by molar-refractivity contribution is 5.96. The highest BCUT2D eigenvalue weighted by Crippen LogP contribution is 2.24. The van der Waals surface area contributed by atoms with E-state index < -0.39 is 0 Å². The van der Waals surface area contributed by atoms with Crippen molar-refractivity contribution >= 4 is 11.4 Å². The Morgan fingerprint density at radius 3 is 2.70 bits per heavy atom. The van der Waals surface area contributed by atoms with Crippen molar-refractivity contribution in [2.24, 2.45) is 0 Å². The summed E-state index contributed by atoms with van der Waals surface area (Å²) in [5.41, 5.74) is 1.68. The number of carbonyl (C=O) groups is 1. The lowest BCUT2D eigenvalue weighted by Gasteiger charge is -1.98. The average molecular weight is 309 g/mol. The van der Waals surface area contributed by atoms with Gasteiger partial charge in [0.15, 0.2) is 0 Å². The van der Waals surface area contributed by atoms with Gasteiger partial charge in [-0.2, -0.15) is 8.97 Å². The number of ether oxygens (including phenoxy) is 1. The summed E-state index contributed by atoms with van der Waals surface area (Å²) in [6, 6.07) is 14.9. The third kappa shape index (κ3) is 2.74. The van der Waals surface area contributed by atoms with Crippen LogP contribution in [0.25, 0.3) is 11.3 Å². The number of benzene rings is 1. The van der Waals surface area contributed by atoms with Gasteiger partial charge in [0.05, 0.1) is 12.8 Å². The second-order valence-electron chi connectivity index (χ2n) is 5.00. The molecule has 0 fully saturated rings. The minimum atomic E-state index is -0.291. The molecule has 0 aliphatic rings. The van der Waals surface area contributed by atoms with Crippen molar-refractivity contribution in [2.45, 2.75) is 0 Å². The quantitative estimate of drug-likeness (QED) is 0.329. The molecular formula is C18H17N2O3+. The fourth-order valence-electron chi connectivity index (χ4n) is 2.52. The molecule has 1 aromatic carbocycles. The first-order valence-electron chi connectivity index (χ1n) is 7.25. The fraction of sp³-hybridized carbons (Fsp3) is 0.111. The van der Waals surface area contributed by atoms with Gasteiger partial charge in [0.2, 0.25) is 5.78 Å². The molecule has 0 aliphatic carbocycles. The van der Waals surface area contributed by atoms with Crippen LogP contribution in [0.5, 0.6) is 5.88 Å².